The molecule has 2 nitrogen and oxygen atoms in total. The van der Waals surface area contributed by atoms with Gasteiger partial charge >= 0.3 is 0 Å². The van der Waals surface area contributed by atoms with Crippen molar-refractivity contribution in [2.24, 2.45) is 10.9 Å². The van der Waals surface area contributed by atoms with Gasteiger partial charge in [-0.2, -0.15) is 5.26 Å². The summed E-state index contributed by atoms with van der Waals surface area (Å²) in [5.41, 5.74) is 1.80. The minimum absolute atomic E-state index is 0.367. The summed E-state index contributed by atoms with van der Waals surface area (Å²) < 4.78 is 0. The normalized spacial score (nSPS) is 16.1. The lowest BCUT2D eigenvalue weighted by atomic mass is 9.94. The maximum atomic E-state index is 9.23. The Balaban J connectivity index is 2.23. The van der Waals surface area contributed by atoms with Crippen molar-refractivity contribution in [2.75, 3.05) is 6.54 Å². The summed E-state index contributed by atoms with van der Waals surface area (Å²) >= 11 is 11.2. The van der Waals surface area contributed by atoms with Crippen LogP contribution < -0.4 is 0 Å². The number of hydrogen-bond donors (Lipinski definition) is 0. The van der Waals surface area contributed by atoms with Gasteiger partial charge in [0.05, 0.1) is 6.07 Å². The van der Waals surface area contributed by atoms with Crippen LogP contribution in [0.3, 0.4) is 0 Å². The molecule has 1 aromatic rings. The molecule has 0 bridgehead atoms. The molecule has 0 amide bonds. The van der Waals surface area contributed by atoms with Gasteiger partial charge in [0, 0.05) is 22.1 Å². The molecule has 1 unspecified atom stereocenters. The van der Waals surface area contributed by atoms with Crippen molar-refractivity contribution in [1.82, 2.24) is 0 Å². The van der Waals surface area contributed by atoms with Crippen LogP contribution in [0.15, 0.2) is 29.3 Å². The Bertz CT molecular complexity index is 499. The number of halogens is 1. The van der Waals surface area contributed by atoms with E-state index < -0.39 is 0 Å². The lowest BCUT2D eigenvalue weighted by molar-refractivity contribution is 0.947. The van der Waals surface area contributed by atoms with Gasteiger partial charge in [0.15, 0.2) is 0 Å². The summed E-state index contributed by atoms with van der Waals surface area (Å²) in [4.78, 5) is 4.99. The molecule has 17 heavy (non-hydrogen) atoms. The van der Waals surface area contributed by atoms with Crippen LogP contribution in [0, 0.1) is 17.2 Å². The van der Waals surface area contributed by atoms with Gasteiger partial charge in [-0.15, -0.1) is 0 Å². The molecule has 4 heteroatoms. The molecule has 1 aliphatic heterocycles. The van der Waals surface area contributed by atoms with Gasteiger partial charge in [-0.05, 0) is 30.5 Å². The van der Waals surface area contributed by atoms with Gasteiger partial charge in [-0.1, -0.05) is 36.0 Å². The van der Waals surface area contributed by atoms with Crippen molar-refractivity contribution in [3.8, 4) is 6.07 Å². The minimum atomic E-state index is -0.367. The molecule has 1 aromatic carbocycles. The molecule has 1 heterocycles. The van der Waals surface area contributed by atoms with E-state index >= 15 is 0 Å². The quantitative estimate of drug-likeness (QED) is 0.618. The lowest BCUT2D eigenvalue weighted by Crippen LogP contribution is -2.20. The average molecular weight is 263 g/mol. The zero-order chi connectivity index (χ0) is 12.3. The molecular weight excluding hydrogens is 252 g/mol. The van der Waals surface area contributed by atoms with Crippen molar-refractivity contribution in [1.29, 1.82) is 5.26 Å². The van der Waals surface area contributed by atoms with Crippen molar-refractivity contribution in [2.45, 2.75) is 12.8 Å². The zero-order valence-corrected chi connectivity index (χ0v) is 10.8. The first kappa shape index (κ1) is 12.2. The second-order valence-corrected chi connectivity index (χ2v) is 4.79. The van der Waals surface area contributed by atoms with E-state index in [0.717, 1.165) is 30.7 Å². The smallest absolute Gasteiger partial charge is 0.120 e. The summed E-state index contributed by atoms with van der Waals surface area (Å²) in [5, 5.41) is 9.90. The van der Waals surface area contributed by atoms with Gasteiger partial charge in [0.2, 0.25) is 0 Å². The molecule has 0 saturated heterocycles. The number of nitriles is 1. The van der Waals surface area contributed by atoms with Crippen LogP contribution in [0.5, 0.6) is 0 Å². The van der Waals surface area contributed by atoms with Crippen molar-refractivity contribution < 1.29 is 0 Å². The Morgan fingerprint density at radius 2 is 2.12 bits per heavy atom. The summed E-state index contributed by atoms with van der Waals surface area (Å²) in [6.07, 6.45) is 1.91. The third kappa shape index (κ3) is 2.71. The molecule has 86 valence electrons. The Morgan fingerprint density at radius 3 is 2.65 bits per heavy atom. The number of hydrogen-bond acceptors (Lipinski definition) is 3. The first-order chi connectivity index (χ1) is 8.22. The third-order valence-electron chi connectivity index (χ3n) is 2.76. The second-order valence-electron chi connectivity index (χ2n) is 3.91. The lowest BCUT2D eigenvalue weighted by Gasteiger charge is -2.11. The third-order valence-corrected chi connectivity index (χ3v) is 3.48. The van der Waals surface area contributed by atoms with Gasteiger partial charge < -0.3 is 0 Å². The summed E-state index contributed by atoms with van der Waals surface area (Å²) in [6.45, 7) is 0.816. The van der Waals surface area contributed by atoms with Crippen LogP contribution in [-0.4, -0.2) is 17.1 Å². The zero-order valence-electron chi connectivity index (χ0n) is 9.19. The van der Waals surface area contributed by atoms with Crippen LogP contribution >= 0.6 is 23.8 Å². The molecule has 1 atom stereocenters. The number of nitrogens with zero attached hydrogens (tertiary/aromatic N) is 2. The minimum Gasteiger partial charge on any atom is -0.292 e. The monoisotopic (exact) mass is 262 g/mol. The van der Waals surface area contributed by atoms with Gasteiger partial charge in [-0.25, -0.2) is 0 Å². The predicted octanol–water partition coefficient (Wildman–Crippen LogP) is 3.43. The Labute approximate surface area is 111 Å². The summed E-state index contributed by atoms with van der Waals surface area (Å²) in [6, 6.07) is 9.53. The standard InChI is InChI=1S/C13H11ClN2S/c14-10-5-3-9(4-6-10)13(17)11(8-15)12-2-1-7-16-12/h3-6,11H,1-2,7H2. The van der Waals surface area contributed by atoms with Crippen LogP contribution in [-0.2, 0) is 0 Å². The maximum Gasteiger partial charge on any atom is 0.120 e. The molecule has 0 spiro atoms. The van der Waals surface area contributed by atoms with Crippen molar-refractivity contribution in [3.05, 3.63) is 34.9 Å². The number of rotatable bonds is 3. The van der Waals surface area contributed by atoms with E-state index in [9.17, 15) is 5.26 Å². The van der Waals surface area contributed by atoms with E-state index in [2.05, 4.69) is 11.1 Å². The average Bonchev–Trinajstić information content (AvgIpc) is 2.84. The van der Waals surface area contributed by atoms with Gasteiger partial charge in [-0.3, -0.25) is 4.99 Å². The Hall–Kier alpha value is -1.24. The highest BCUT2D eigenvalue weighted by Gasteiger charge is 2.23. The van der Waals surface area contributed by atoms with Crippen LogP contribution in [0.4, 0.5) is 0 Å². The van der Waals surface area contributed by atoms with E-state index in [-0.39, 0.29) is 5.92 Å². The molecule has 0 aromatic heterocycles. The number of benzene rings is 1. The van der Waals surface area contributed by atoms with Crippen LogP contribution in [0.1, 0.15) is 18.4 Å². The molecule has 0 fully saturated rings. The van der Waals surface area contributed by atoms with E-state index in [1.54, 1.807) is 12.1 Å². The van der Waals surface area contributed by atoms with Gasteiger partial charge in [0.1, 0.15) is 5.92 Å². The summed E-state index contributed by atoms with van der Waals surface area (Å²) in [7, 11) is 0. The second kappa shape index (κ2) is 5.39. The fourth-order valence-electron chi connectivity index (χ4n) is 1.86. The van der Waals surface area contributed by atoms with E-state index in [1.165, 1.54) is 0 Å². The maximum absolute atomic E-state index is 9.23. The Morgan fingerprint density at radius 1 is 1.41 bits per heavy atom. The highest BCUT2D eigenvalue weighted by atomic mass is 35.5. The van der Waals surface area contributed by atoms with Crippen LogP contribution in [0.25, 0.3) is 0 Å². The fourth-order valence-corrected chi connectivity index (χ4v) is 2.31. The molecule has 0 N–H and O–H groups in total. The molecular formula is C13H11ClN2S. The Kier molecular flexibility index (Phi) is 3.88. The topological polar surface area (TPSA) is 36.1 Å². The number of thiocarbonyl (C=S) groups is 1. The van der Waals surface area contributed by atoms with Gasteiger partial charge in [0.25, 0.3) is 0 Å². The fraction of sp³-hybridized carbons (Fsp3) is 0.308. The molecule has 0 saturated carbocycles. The molecule has 0 aliphatic carbocycles. The first-order valence-corrected chi connectivity index (χ1v) is 6.23. The molecule has 2 rings (SSSR count). The molecule has 0 radical (unpaired) electrons. The predicted molar refractivity (Wildman–Crippen MR) is 73.8 cm³/mol. The summed E-state index contributed by atoms with van der Waals surface area (Å²) in [5.74, 6) is -0.367. The van der Waals surface area contributed by atoms with E-state index in [0.29, 0.717) is 9.89 Å². The van der Waals surface area contributed by atoms with E-state index in [4.69, 9.17) is 23.8 Å². The first-order valence-electron chi connectivity index (χ1n) is 5.45. The largest absolute Gasteiger partial charge is 0.292 e. The van der Waals surface area contributed by atoms with Crippen LogP contribution in [0.2, 0.25) is 5.02 Å². The highest BCUT2D eigenvalue weighted by Crippen LogP contribution is 2.19. The SMILES string of the molecule is N#CC(C(=S)c1ccc(Cl)cc1)C1=NCCC1. The highest BCUT2D eigenvalue weighted by molar-refractivity contribution is 7.81. The molecule has 1 aliphatic rings. The number of aliphatic imine (C=N–C) groups is 1. The van der Waals surface area contributed by atoms with Crippen molar-refractivity contribution in [3.63, 3.8) is 0 Å². The van der Waals surface area contributed by atoms with Crippen molar-refractivity contribution >= 4 is 34.4 Å². The van der Waals surface area contributed by atoms with E-state index in [1.807, 2.05) is 12.1 Å².